The van der Waals surface area contributed by atoms with E-state index in [-0.39, 0.29) is 5.02 Å². The second kappa shape index (κ2) is 6.00. The minimum Gasteiger partial charge on any atom is -0.344 e. The maximum Gasteiger partial charge on any atom is 0.173 e. The number of hydrogen-bond acceptors (Lipinski definition) is 1. The predicted molar refractivity (Wildman–Crippen MR) is 88.2 cm³/mol. The lowest BCUT2D eigenvalue weighted by Gasteiger charge is -2.31. The van der Waals surface area contributed by atoms with Crippen molar-refractivity contribution >= 4 is 34.6 Å². The first kappa shape index (κ1) is 14.3. The molecule has 0 saturated heterocycles. The summed E-state index contributed by atoms with van der Waals surface area (Å²) in [5, 5.41) is 3.84. The van der Waals surface area contributed by atoms with Crippen LogP contribution in [0.25, 0.3) is 0 Å². The van der Waals surface area contributed by atoms with Crippen LogP contribution >= 0.6 is 23.8 Å². The Balaban J connectivity index is 1.70. The fraction of sp³-hybridized carbons (Fsp3) is 0.188. The van der Waals surface area contributed by atoms with Gasteiger partial charge in [-0.1, -0.05) is 35.9 Å². The molecule has 1 aliphatic rings. The van der Waals surface area contributed by atoms with Crippen molar-refractivity contribution < 1.29 is 4.39 Å². The normalized spacial score (nSPS) is 13.7. The number of hydrogen-bond donors (Lipinski definition) is 1. The predicted octanol–water partition coefficient (Wildman–Crippen LogP) is 4.23. The van der Waals surface area contributed by atoms with Gasteiger partial charge in [0.15, 0.2) is 5.11 Å². The van der Waals surface area contributed by atoms with Gasteiger partial charge in [-0.25, -0.2) is 4.39 Å². The number of thiocarbonyl (C=S) groups is 1. The molecule has 0 aliphatic carbocycles. The molecule has 0 saturated carbocycles. The van der Waals surface area contributed by atoms with Crippen molar-refractivity contribution in [3.63, 3.8) is 0 Å². The van der Waals surface area contributed by atoms with Crippen molar-refractivity contribution in [2.45, 2.75) is 13.0 Å². The lowest BCUT2D eigenvalue weighted by Crippen LogP contribution is -2.38. The molecule has 3 rings (SSSR count). The van der Waals surface area contributed by atoms with Gasteiger partial charge < -0.3 is 10.2 Å². The molecule has 1 aliphatic heterocycles. The van der Waals surface area contributed by atoms with Crippen LogP contribution in [0.4, 0.5) is 10.1 Å². The van der Waals surface area contributed by atoms with E-state index >= 15 is 0 Å². The number of nitrogens with one attached hydrogen (secondary N) is 1. The molecular formula is C16H14ClFN2S. The number of nitrogens with zero attached hydrogens (tertiary/aromatic N) is 1. The van der Waals surface area contributed by atoms with Gasteiger partial charge in [-0.05, 0) is 48.0 Å². The van der Waals surface area contributed by atoms with Crippen molar-refractivity contribution in [3.05, 3.63) is 64.4 Å². The Labute approximate surface area is 133 Å². The van der Waals surface area contributed by atoms with Crippen molar-refractivity contribution in [3.8, 4) is 0 Å². The van der Waals surface area contributed by atoms with Crippen LogP contribution in [0.15, 0.2) is 42.5 Å². The number of rotatable bonds is 1. The quantitative estimate of drug-likeness (QED) is 0.791. The Morgan fingerprint density at radius 3 is 2.71 bits per heavy atom. The van der Waals surface area contributed by atoms with Gasteiger partial charge in [0.2, 0.25) is 0 Å². The van der Waals surface area contributed by atoms with Crippen LogP contribution < -0.4 is 5.32 Å². The molecule has 0 spiro atoms. The molecule has 21 heavy (non-hydrogen) atoms. The van der Waals surface area contributed by atoms with Crippen LogP contribution in [-0.2, 0) is 13.0 Å². The third kappa shape index (κ3) is 3.17. The monoisotopic (exact) mass is 320 g/mol. The number of anilines is 1. The van der Waals surface area contributed by atoms with E-state index in [1.165, 1.54) is 17.2 Å². The van der Waals surface area contributed by atoms with Gasteiger partial charge in [0.1, 0.15) is 5.82 Å². The number of halogens is 2. The second-order valence-electron chi connectivity index (χ2n) is 5.00. The molecule has 0 unspecified atom stereocenters. The third-order valence-electron chi connectivity index (χ3n) is 3.59. The van der Waals surface area contributed by atoms with Gasteiger partial charge in [0.25, 0.3) is 0 Å². The zero-order valence-corrected chi connectivity index (χ0v) is 12.8. The molecule has 2 aromatic rings. The average Bonchev–Trinajstić information content (AvgIpc) is 2.50. The molecule has 0 bridgehead atoms. The van der Waals surface area contributed by atoms with E-state index in [2.05, 4.69) is 28.4 Å². The maximum atomic E-state index is 13.2. The Bertz CT molecular complexity index is 690. The summed E-state index contributed by atoms with van der Waals surface area (Å²) in [6.07, 6.45) is 0.974. The van der Waals surface area contributed by atoms with Gasteiger partial charge in [-0.15, -0.1) is 0 Å². The number of benzene rings is 2. The van der Waals surface area contributed by atoms with E-state index in [4.69, 9.17) is 23.8 Å². The molecule has 2 nitrogen and oxygen atoms in total. The van der Waals surface area contributed by atoms with Crippen LogP contribution in [0, 0.1) is 5.82 Å². The highest BCUT2D eigenvalue weighted by Gasteiger charge is 2.18. The lowest BCUT2D eigenvalue weighted by molar-refractivity contribution is 0.399. The summed E-state index contributed by atoms with van der Waals surface area (Å²) in [7, 11) is 0. The third-order valence-corrected chi connectivity index (χ3v) is 4.24. The molecule has 2 aromatic carbocycles. The van der Waals surface area contributed by atoms with Crippen molar-refractivity contribution in [1.82, 2.24) is 4.90 Å². The molecule has 0 fully saturated rings. The molecule has 0 atom stereocenters. The van der Waals surface area contributed by atoms with Crippen LogP contribution in [0.2, 0.25) is 5.02 Å². The van der Waals surface area contributed by atoms with Gasteiger partial charge >= 0.3 is 0 Å². The summed E-state index contributed by atoms with van der Waals surface area (Å²) >= 11 is 11.2. The Kier molecular flexibility index (Phi) is 4.08. The summed E-state index contributed by atoms with van der Waals surface area (Å²) in [5.74, 6) is -0.431. The van der Waals surface area contributed by atoms with Crippen molar-refractivity contribution in [1.29, 1.82) is 0 Å². The van der Waals surface area contributed by atoms with E-state index in [0.29, 0.717) is 10.8 Å². The first-order valence-electron chi connectivity index (χ1n) is 6.71. The molecule has 1 N–H and O–H groups in total. The summed E-state index contributed by atoms with van der Waals surface area (Å²) in [5.41, 5.74) is 3.37. The molecule has 5 heteroatoms. The van der Waals surface area contributed by atoms with Gasteiger partial charge in [-0.3, -0.25) is 0 Å². The summed E-state index contributed by atoms with van der Waals surface area (Å²) in [6, 6.07) is 12.9. The topological polar surface area (TPSA) is 15.3 Å². The van der Waals surface area contributed by atoms with Crippen LogP contribution in [0.1, 0.15) is 11.1 Å². The smallest absolute Gasteiger partial charge is 0.173 e. The summed E-state index contributed by atoms with van der Waals surface area (Å²) in [6.45, 7) is 1.66. The number of fused-ring (bicyclic) bond motifs is 1. The molecule has 1 heterocycles. The van der Waals surface area contributed by atoms with Crippen molar-refractivity contribution in [2.75, 3.05) is 11.9 Å². The summed E-state index contributed by atoms with van der Waals surface area (Å²) in [4.78, 5) is 2.11. The van der Waals surface area contributed by atoms with Gasteiger partial charge in [-0.2, -0.15) is 0 Å². The largest absolute Gasteiger partial charge is 0.344 e. The van der Waals surface area contributed by atoms with Crippen LogP contribution in [0.3, 0.4) is 0 Å². The zero-order chi connectivity index (χ0) is 14.8. The first-order valence-corrected chi connectivity index (χ1v) is 7.50. The molecule has 0 radical (unpaired) electrons. The molecule has 108 valence electrons. The van der Waals surface area contributed by atoms with E-state index in [1.54, 1.807) is 12.1 Å². The van der Waals surface area contributed by atoms with Crippen molar-refractivity contribution in [2.24, 2.45) is 0 Å². The molecule has 0 amide bonds. The Morgan fingerprint density at radius 2 is 1.95 bits per heavy atom. The fourth-order valence-corrected chi connectivity index (χ4v) is 2.90. The van der Waals surface area contributed by atoms with Gasteiger partial charge in [0, 0.05) is 18.8 Å². The summed E-state index contributed by atoms with van der Waals surface area (Å²) < 4.78 is 13.2. The highest BCUT2D eigenvalue weighted by atomic mass is 35.5. The highest BCUT2D eigenvalue weighted by molar-refractivity contribution is 7.80. The van der Waals surface area contributed by atoms with Gasteiger partial charge in [0.05, 0.1) is 5.02 Å². The molecular weight excluding hydrogens is 307 g/mol. The lowest BCUT2D eigenvalue weighted by atomic mass is 10.0. The Morgan fingerprint density at radius 1 is 1.19 bits per heavy atom. The van der Waals surface area contributed by atoms with E-state index < -0.39 is 5.82 Å². The minimum absolute atomic E-state index is 0.0896. The van der Waals surface area contributed by atoms with E-state index in [0.717, 1.165) is 19.5 Å². The highest BCUT2D eigenvalue weighted by Crippen LogP contribution is 2.22. The Hall–Kier alpha value is -1.65. The SMILES string of the molecule is Fc1ccc(NC(=S)N2CCc3ccccc3C2)cc1Cl. The van der Waals surface area contributed by atoms with E-state index in [9.17, 15) is 4.39 Å². The zero-order valence-electron chi connectivity index (χ0n) is 11.3. The second-order valence-corrected chi connectivity index (χ2v) is 5.79. The average molecular weight is 321 g/mol. The standard InChI is InChI=1S/C16H14ClFN2S/c17-14-9-13(5-6-15(14)18)19-16(21)20-8-7-11-3-1-2-4-12(11)10-20/h1-6,9H,7-8,10H2,(H,19,21). The maximum absolute atomic E-state index is 13.2. The van der Waals surface area contributed by atoms with Crippen LogP contribution in [-0.4, -0.2) is 16.6 Å². The minimum atomic E-state index is -0.431. The van der Waals surface area contributed by atoms with E-state index in [1.807, 2.05) is 6.07 Å². The fourth-order valence-electron chi connectivity index (χ4n) is 2.45. The first-order chi connectivity index (χ1) is 10.1. The van der Waals surface area contributed by atoms with Crippen LogP contribution in [0.5, 0.6) is 0 Å². The molecule has 0 aromatic heterocycles.